The van der Waals surface area contributed by atoms with Gasteiger partial charge in [0, 0.05) is 0 Å². The molecule has 1 atom stereocenters. The van der Waals surface area contributed by atoms with Crippen LogP contribution in [0.3, 0.4) is 0 Å². The van der Waals surface area contributed by atoms with Crippen LogP contribution in [0.15, 0.2) is 65.4 Å². The summed E-state index contributed by atoms with van der Waals surface area (Å²) in [4.78, 5) is 0. The zero-order valence-electron chi connectivity index (χ0n) is 9.39. The summed E-state index contributed by atoms with van der Waals surface area (Å²) in [5.74, 6) is 0.485. The lowest BCUT2D eigenvalue weighted by atomic mass is 10.3. The summed E-state index contributed by atoms with van der Waals surface area (Å²) in [6.07, 6.45) is 0. The topological polar surface area (TPSA) is 38.7 Å². The standard InChI is InChI=1S/C13H10NO2PS/c15-17(14-11-18,13-9-5-2-6-10-13)16-12-7-3-1-4-8-12/h1-10H. The van der Waals surface area contributed by atoms with Gasteiger partial charge in [-0.1, -0.05) is 36.4 Å². The molecule has 0 aliphatic rings. The third kappa shape index (κ3) is 2.93. The van der Waals surface area contributed by atoms with E-state index >= 15 is 0 Å². The number of nitrogens with zero attached hydrogens (tertiary/aromatic N) is 1. The second kappa shape index (κ2) is 5.74. The maximum absolute atomic E-state index is 12.7. The van der Waals surface area contributed by atoms with Crippen LogP contribution in [-0.4, -0.2) is 5.16 Å². The maximum atomic E-state index is 12.7. The summed E-state index contributed by atoms with van der Waals surface area (Å²) < 4.78 is 21.9. The van der Waals surface area contributed by atoms with Crippen molar-refractivity contribution in [2.45, 2.75) is 0 Å². The number of hydrogen-bond acceptors (Lipinski definition) is 3. The average Bonchev–Trinajstić information content (AvgIpc) is 2.41. The molecule has 0 fully saturated rings. The summed E-state index contributed by atoms with van der Waals surface area (Å²) >= 11 is 4.55. The predicted molar refractivity (Wildman–Crippen MR) is 75.8 cm³/mol. The first-order valence-corrected chi connectivity index (χ1v) is 7.23. The summed E-state index contributed by atoms with van der Waals surface area (Å²) in [6, 6.07) is 17.6. The van der Waals surface area contributed by atoms with Crippen LogP contribution in [-0.2, 0) is 4.57 Å². The van der Waals surface area contributed by atoms with Gasteiger partial charge in [-0.3, -0.25) is 0 Å². The maximum Gasteiger partial charge on any atom is 0.401 e. The van der Waals surface area contributed by atoms with E-state index in [9.17, 15) is 4.57 Å². The fourth-order valence-corrected chi connectivity index (χ4v) is 3.07. The minimum Gasteiger partial charge on any atom is -0.424 e. The number of para-hydroxylation sites is 1. The number of thiocarbonyl (C=S) groups is 1. The van der Waals surface area contributed by atoms with Crippen molar-refractivity contribution in [2.75, 3.05) is 0 Å². The van der Waals surface area contributed by atoms with Crippen molar-refractivity contribution in [1.29, 1.82) is 0 Å². The molecule has 0 aromatic heterocycles. The van der Waals surface area contributed by atoms with Gasteiger partial charge in [-0.2, -0.15) is 0 Å². The van der Waals surface area contributed by atoms with Crippen molar-refractivity contribution >= 4 is 30.2 Å². The molecule has 0 saturated heterocycles. The Morgan fingerprint density at radius 1 is 1.00 bits per heavy atom. The van der Waals surface area contributed by atoms with Gasteiger partial charge in [0.1, 0.15) is 5.75 Å². The van der Waals surface area contributed by atoms with E-state index in [1.54, 1.807) is 48.5 Å². The van der Waals surface area contributed by atoms with Crippen molar-refractivity contribution in [1.82, 2.24) is 0 Å². The van der Waals surface area contributed by atoms with Gasteiger partial charge in [0.2, 0.25) is 0 Å². The largest absolute Gasteiger partial charge is 0.424 e. The number of isothiocyanates is 1. The van der Waals surface area contributed by atoms with Gasteiger partial charge < -0.3 is 4.52 Å². The van der Waals surface area contributed by atoms with Gasteiger partial charge in [0.25, 0.3) is 0 Å². The Kier molecular flexibility index (Phi) is 4.06. The fourth-order valence-electron chi connectivity index (χ4n) is 1.43. The van der Waals surface area contributed by atoms with Crippen molar-refractivity contribution in [3.8, 4) is 5.75 Å². The van der Waals surface area contributed by atoms with Crippen LogP contribution in [0.25, 0.3) is 0 Å². The smallest absolute Gasteiger partial charge is 0.401 e. The average molecular weight is 275 g/mol. The summed E-state index contributed by atoms with van der Waals surface area (Å²) in [6.45, 7) is 0. The quantitative estimate of drug-likeness (QED) is 0.485. The van der Waals surface area contributed by atoms with E-state index in [0.717, 1.165) is 0 Å². The van der Waals surface area contributed by atoms with Crippen molar-refractivity contribution in [2.24, 2.45) is 4.76 Å². The monoisotopic (exact) mass is 275 g/mol. The van der Waals surface area contributed by atoms with Gasteiger partial charge in [-0.15, -0.1) is 4.76 Å². The molecule has 0 saturated carbocycles. The highest BCUT2D eigenvalue weighted by Crippen LogP contribution is 2.46. The lowest BCUT2D eigenvalue weighted by Gasteiger charge is -2.13. The molecule has 2 rings (SSSR count). The number of hydrogen-bond donors (Lipinski definition) is 0. The molecule has 0 amide bonds. The predicted octanol–water partition coefficient (Wildman–Crippen LogP) is 3.69. The van der Waals surface area contributed by atoms with Gasteiger partial charge in [0.05, 0.1) is 10.5 Å². The molecule has 90 valence electrons. The molecular weight excluding hydrogens is 265 g/mol. The molecule has 0 bridgehead atoms. The molecule has 0 heterocycles. The highest BCUT2D eigenvalue weighted by molar-refractivity contribution is 7.79. The van der Waals surface area contributed by atoms with Crippen molar-refractivity contribution < 1.29 is 9.09 Å². The molecule has 18 heavy (non-hydrogen) atoms. The minimum atomic E-state index is -3.38. The summed E-state index contributed by atoms with van der Waals surface area (Å²) in [5, 5.41) is 2.64. The van der Waals surface area contributed by atoms with Gasteiger partial charge >= 0.3 is 7.52 Å². The third-order valence-corrected chi connectivity index (χ3v) is 4.23. The van der Waals surface area contributed by atoms with Crippen LogP contribution in [0.4, 0.5) is 0 Å². The van der Waals surface area contributed by atoms with Crippen molar-refractivity contribution in [3.63, 3.8) is 0 Å². The van der Waals surface area contributed by atoms with Crippen LogP contribution < -0.4 is 9.83 Å². The van der Waals surface area contributed by atoms with Crippen molar-refractivity contribution in [3.05, 3.63) is 60.7 Å². The Labute approximate surface area is 111 Å². The first-order chi connectivity index (χ1) is 8.74. The van der Waals surface area contributed by atoms with E-state index in [2.05, 4.69) is 22.1 Å². The SMILES string of the molecule is O=P(N=C=S)(Oc1ccccc1)c1ccccc1. The number of benzene rings is 2. The van der Waals surface area contributed by atoms with E-state index < -0.39 is 7.52 Å². The van der Waals surface area contributed by atoms with Crippen LogP contribution >= 0.6 is 19.7 Å². The van der Waals surface area contributed by atoms with E-state index in [1.807, 2.05) is 12.1 Å². The summed E-state index contributed by atoms with van der Waals surface area (Å²) in [7, 11) is -3.38. The second-order valence-electron chi connectivity index (χ2n) is 3.45. The third-order valence-electron chi connectivity index (χ3n) is 2.23. The summed E-state index contributed by atoms with van der Waals surface area (Å²) in [5.41, 5.74) is 0. The molecule has 0 aliphatic carbocycles. The highest BCUT2D eigenvalue weighted by Gasteiger charge is 2.26. The van der Waals surface area contributed by atoms with Crippen LogP contribution in [0.2, 0.25) is 0 Å². The van der Waals surface area contributed by atoms with E-state index in [4.69, 9.17) is 4.52 Å². The molecule has 5 heteroatoms. The zero-order valence-corrected chi connectivity index (χ0v) is 11.1. The van der Waals surface area contributed by atoms with Crippen LogP contribution in [0.1, 0.15) is 0 Å². The molecule has 2 aromatic rings. The molecule has 0 N–H and O–H groups in total. The molecule has 0 spiro atoms. The number of rotatable bonds is 4. The lowest BCUT2D eigenvalue weighted by molar-refractivity contribution is 0.494. The first-order valence-electron chi connectivity index (χ1n) is 5.24. The zero-order chi connectivity index (χ0) is 12.8. The van der Waals surface area contributed by atoms with Gasteiger partial charge in [-0.05, 0) is 36.5 Å². The van der Waals surface area contributed by atoms with E-state index in [1.165, 1.54) is 0 Å². The van der Waals surface area contributed by atoms with Gasteiger partial charge in [-0.25, -0.2) is 4.57 Å². The van der Waals surface area contributed by atoms with E-state index in [-0.39, 0.29) is 0 Å². The molecule has 0 aliphatic heterocycles. The molecule has 2 aromatic carbocycles. The molecule has 3 nitrogen and oxygen atoms in total. The molecular formula is C13H10NO2PS. The second-order valence-corrected chi connectivity index (χ2v) is 5.57. The Hall–Kier alpha value is -1.73. The Bertz CT molecular complexity index is 609. The Morgan fingerprint density at radius 2 is 1.56 bits per heavy atom. The Morgan fingerprint density at radius 3 is 2.11 bits per heavy atom. The molecule has 0 radical (unpaired) electrons. The van der Waals surface area contributed by atoms with Crippen LogP contribution in [0.5, 0.6) is 5.75 Å². The fraction of sp³-hybridized carbons (Fsp3) is 0. The molecule has 1 unspecified atom stereocenters. The van der Waals surface area contributed by atoms with E-state index in [0.29, 0.717) is 11.1 Å². The lowest BCUT2D eigenvalue weighted by Crippen LogP contribution is -2.07. The minimum absolute atomic E-state index is 0.485. The highest BCUT2D eigenvalue weighted by atomic mass is 32.1. The Balaban J connectivity index is 2.40. The van der Waals surface area contributed by atoms with Crippen LogP contribution in [0, 0.1) is 0 Å². The van der Waals surface area contributed by atoms with Gasteiger partial charge in [0.15, 0.2) is 0 Å². The normalized spacial score (nSPS) is 13.1. The first kappa shape index (κ1) is 12.7.